The average molecular weight is 287 g/mol. The van der Waals surface area contributed by atoms with Crippen LogP contribution in [0.5, 0.6) is 5.75 Å². The first-order valence-electron chi connectivity index (χ1n) is 6.27. The molecule has 6 heteroatoms. The molecule has 0 bridgehead atoms. The van der Waals surface area contributed by atoms with Crippen LogP contribution < -0.4 is 4.74 Å². The van der Waals surface area contributed by atoms with E-state index in [1.807, 2.05) is 18.2 Å². The van der Waals surface area contributed by atoms with Crippen LogP contribution in [0.2, 0.25) is 0 Å². The number of esters is 1. The van der Waals surface area contributed by atoms with Crippen LogP contribution in [0.25, 0.3) is 0 Å². The monoisotopic (exact) mass is 287 g/mol. The predicted octanol–water partition coefficient (Wildman–Crippen LogP) is 2.83. The van der Waals surface area contributed by atoms with Crippen molar-refractivity contribution in [1.82, 2.24) is 0 Å². The van der Waals surface area contributed by atoms with E-state index < -0.39 is 10.9 Å². The van der Waals surface area contributed by atoms with E-state index in [0.717, 1.165) is 0 Å². The molecule has 0 amide bonds. The van der Waals surface area contributed by atoms with Gasteiger partial charge in [-0.1, -0.05) is 30.3 Å². The second kappa shape index (κ2) is 7.04. The number of para-hydroxylation sites is 2. The van der Waals surface area contributed by atoms with Crippen molar-refractivity contribution in [2.45, 2.75) is 0 Å². The number of nitro groups is 1. The molecule has 108 valence electrons. The first-order chi connectivity index (χ1) is 10.2. The van der Waals surface area contributed by atoms with E-state index in [9.17, 15) is 14.9 Å². The van der Waals surface area contributed by atoms with Gasteiger partial charge < -0.3 is 9.47 Å². The minimum Gasteiger partial charge on any atom is -0.490 e. The topological polar surface area (TPSA) is 78.7 Å². The predicted molar refractivity (Wildman–Crippen MR) is 75.3 cm³/mol. The molecular formula is C15H13NO5. The minimum absolute atomic E-state index is 0.0137. The summed E-state index contributed by atoms with van der Waals surface area (Å²) in [6.07, 6.45) is 0. The van der Waals surface area contributed by atoms with Crippen LogP contribution in [0.4, 0.5) is 5.69 Å². The lowest BCUT2D eigenvalue weighted by Gasteiger charge is -2.07. The molecule has 21 heavy (non-hydrogen) atoms. The quantitative estimate of drug-likeness (QED) is 0.353. The fourth-order valence-corrected chi connectivity index (χ4v) is 1.69. The van der Waals surface area contributed by atoms with Gasteiger partial charge in [0.05, 0.1) is 4.92 Å². The van der Waals surface area contributed by atoms with Crippen molar-refractivity contribution >= 4 is 11.7 Å². The van der Waals surface area contributed by atoms with E-state index in [1.165, 1.54) is 18.2 Å². The molecule has 0 saturated heterocycles. The number of benzene rings is 2. The van der Waals surface area contributed by atoms with Crippen molar-refractivity contribution in [3.05, 3.63) is 70.3 Å². The number of hydrogen-bond acceptors (Lipinski definition) is 5. The van der Waals surface area contributed by atoms with E-state index in [1.54, 1.807) is 18.2 Å². The maximum absolute atomic E-state index is 11.8. The summed E-state index contributed by atoms with van der Waals surface area (Å²) in [5, 5.41) is 10.8. The summed E-state index contributed by atoms with van der Waals surface area (Å²) in [5.41, 5.74) is -0.339. The summed E-state index contributed by atoms with van der Waals surface area (Å²) in [6.45, 7) is 0.191. The van der Waals surface area contributed by atoms with E-state index in [0.29, 0.717) is 5.75 Å². The Morgan fingerprint density at radius 3 is 2.38 bits per heavy atom. The number of hydrogen-bond donors (Lipinski definition) is 0. The van der Waals surface area contributed by atoms with Crippen molar-refractivity contribution in [3.63, 3.8) is 0 Å². The van der Waals surface area contributed by atoms with Gasteiger partial charge in [0.25, 0.3) is 5.69 Å². The summed E-state index contributed by atoms with van der Waals surface area (Å²) >= 11 is 0. The molecule has 0 heterocycles. The third-order valence-electron chi connectivity index (χ3n) is 2.65. The Hall–Kier alpha value is -2.89. The highest BCUT2D eigenvalue weighted by molar-refractivity contribution is 5.93. The van der Waals surface area contributed by atoms with Crippen LogP contribution in [-0.4, -0.2) is 24.1 Å². The highest BCUT2D eigenvalue weighted by Crippen LogP contribution is 2.18. The number of nitrogens with zero attached hydrogens (tertiary/aromatic N) is 1. The Morgan fingerprint density at radius 1 is 1.00 bits per heavy atom. The lowest BCUT2D eigenvalue weighted by atomic mass is 10.2. The van der Waals surface area contributed by atoms with Gasteiger partial charge in [0.15, 0.2) is 0 Å². The van der Waals surface area contributed by atoms with Gasteiger partial charge in [0, 0.05) is 6.07 Å². The Morgan fingerprint density at radius 2 is 1.67 bits per heavy atom. The van der Waals surface area contributed by atoms with Crippen LogP contribution in [0, 0.1) is 10.1 Å². The Labute approximate surface area is 121 Å². The minimum atomic E-state index is -0.737. The molecule has 0 atom stereocenters. The normalized spacial score (nSPS) is 9.90. The maximum Gasteiger partial charge on any atom is 0.345 e. The molecule has 0 unspecified atom stereocenters. The molecule has 2 aromatic carbocycles. The van der Waals surface area contributed by atoms with Crippen LogP contribution in [0.3, 0.4) is 0 Å². The smallest absolute Gasteiger partial charge is 0.345 e. The molecule has 0 fully saturated rings. The third-order valence-corrected chi connectivity index (χ3v) is 2.65. The molecule has 0 aliphatic rings. The second-order valence-electron chi connectivity index (χ2n) is 4.07. The number of carbonyl (C=O) groups excluding carboxylic acids is 1. The molecule has 0 radical (unpaired) electrons. The molecule has 2 rings (SSSR count). The first kappa shape index (κ1) is 14.5. The zero-order chi connectivity index (χ0) is 15.1. The van der Waals surface area contributed by atoms with Gasteiger partial charge in [-0.05, 0) is 18.2 Å². The molecule has 0 aromatic heterocycles. The zero-order valence-electron chi connectivity index (χ0n) is 11.1. The maximum atomic E-state index is 11.8. The zero-order valence-corrected chi connectivity index (χ0v) is 11.1. The van der Waals surface area contributed by atoms with Crippen molar-refractivity contribution in [3.8, 4) is 5.75 Å². The molecular weight excluding hydrogens is 274 g/mol. The number of nitro benzene ring substituents is 1. The summed E-state index contributed by atoms with van der Waals surface area (Å²) in [6, 6.07) is 14.7. The van der Waals surface area contributed by atoms with Gasteiger partial charge >= 0.3 is 5.97 Å². The lowest BCUT2D eigenvalue weighted by molar-refractivity contribution is -0.385. The Bertz CT molecular complexity index is 627. The number of carbonyl (C=O) groups is 1. The van der Waals surface area contributed by atoms with Crippen molar-refractivity contribution in [1.29, 1.82) is 0 Å². The summed E-state index contributed by atoms with van der Waals surface area (Å²) in [7, 11) is 0. The van der Waals surface area contributed by atoms with E-state index in [-0.39, 0.29) is 24.5 Å². The first-order valence-corrected chi connectivity index (χ1v) is 6.27. The fourth-order valence-electron chi connectivity index (χ4n) is 1.69. The van der Waals surface area contributed by atoms with Crippen LogP contribution in [0.15, 0.2) is 54.6 Å². The molecule has 6 nitrogen and oxygen atoms in total. The molecule has 0 spiro atoms. The van der Waals surface area contributed by atoms with Gasteiger partial charge in [-0.3, -0.25) is 10.1 Å². The molecule has 0 saturated carbocycles. The van der Waals surface area contributed by atoms with Gasteiger partial charge in [-0.2, -0.15) is 0 Å². The van der Waals surface area contributed by atoms with Gasteiger partial charge in [-0.25, -0.2) is 4.79 Å². The van der Waals surface area contributed by atoms with Crippen LogP contribution in [-0.2, 0) is 4.74 Å². The summed E-state index contributed by atoms with van der Waals surface area (Å²) < 4.78 is 10.3. The van der Waals surface area contributed by atoms with E-state index in [2.05, 4.69) is 0 Å². The van der Waals surface area contributed by atoms with Crippen molar-refractivity contribution in [2.75, 3.05) is 13.2 Å². The summed E-state index contributed by atoms with van der Waals surface area (Å²) in [4.78, 5) is 22.0. The van der Waals surface area contributed by atoms with Crippen molar-refractivity contribution in [2.24, 2.45) is 0 Å². The third kappa shape index (κ3) is 4.04. The molecule has 0 aliphatic carbocycles. The fraction of sp³-hybridized carbons (Fsp3) is 0.133. The average Bonchev–Trinajstić information content (AvgIpc) is 2.52. The number of ether oxygens (including phenoxy) is 2. The van der Waals surface area contributed by atoms with Gasteiger partial charge in [0.2, 0.25) is 0 Å². The van der Waals surface area contributed by atoms with E-state index in [4.69, 9.17) is 9.47 Å². The largest absolute Gasteiger partial charge is 0.490 e. The van der Waals surface area contributed by atoms with Crippen LogP contribution in [0.1, 0.15) is 10.4 Å². The summed E-state index contributed by atoms with van der Waals surface area (Å²) in [5.74, 6) is -0.0711. The Balaban J connectivity index is 1.86. The standard InChI is InChI=1S/C15H13NO5/c17-15(13-8-4-5-9-14(13)16(18)19)21-11-10-20-12-6-2-1-3-7-12/h1-9H,10-11H2. The SMILES string of the molecule is O=C(OCCOc1ccccc1)c1ccccc1[N+](=O)[O-]. The highest BCUT2D eigenvalue weighted by atomic mass is 16.6. The van der Waals surface area contributed by atoms with Crippen molar-refractivity contribution < 1.29 is 19.2 Å². The molecule has 2 aromatic rings. The van der Waals surface area contributed by atoms with Gasteiger partial charge in [-0.15, -0.1) is 0 Å². The van der Waals surface area contributed by atoms with Gasteiger partial charge in [0.1, 0.15) is 24.5 Å². The highest BCUT2D eigenvalue weighted by Gasteiger charge is 2.20. The molecule has 0 aliphatic heterocycles. The van der Waals surface area contributed by atoms with Crippen LogP contribution >= 0.6 is 0 Å². The number of rotatable bonds is 6. The molecule has 0 N–H and O–H groups in total. The Kier molecular flexibility index (Phi) is 4.87. The second-order valence-corrected chi connectivity index (χ2v) is 4.07. The lowest BCUT2D eigenvalue weighted by Crippen LogP contribution is -2.13. The van der Waals surface area contributed by atoms with E-state index >= 15 is 0 Å².